The van der Waals surface area contributed by atoms with Crippen LogP contribution in [0.25, 0.3) is 0 Å². The summed E-state index contributed by atoms with van der Waals surface area (Å²) in [5.41, 5.74) is 5.36. The number of rotatable bonds is 7. The second-order valence-corrected chi connectivity index (χ2v) is 3.23. The van der Waals surface area contributed by atoms with Crippen LogP contribution >= 0.6 is 0 Å². The second kappa shape index (κ2) is 10.00. The number of aliphatic hydroxyl groups excluding tert-OH is 2. The third-order valence-electron chi connectivity index (χ3n) is 2.04. The molecule has 4 N–H and O–H groups in total. The Labute approximate surface area is 99.2 Å². The minimum Gasteiger partial charge on any atom is -0.470 e. The SMILES string of the molecule is CCC(O)CN([CH-]N)CC(O)CC.[Rh]. The molecule has 0 aliphatic carbocycles. The van der Waals surface area contributed by atoms with Crippen LogP contribution in [0.4, 0.5) is 0 Å². The van der Waals surface area contributed by atoms with E-state index in [2.05, 4.69) is 0 Å². The van der Waals surface area contributed by atoms with Crippen molar-refractivity contribution in [3.63, 3.8) is 0 Å². The van der Waals surface area contributed by atoms with Crippen LogP contribution in [-0.4, -0.2) is 40.4 Å². The molecular weight excluding hydrogens is 271 g/mol. The molecule has 0 aromatic carbocycles. The standard InChI is InChI=1S/C9H21N2O2.Rh/c1-3-8(12)5-11(7-10)6-9(13)4-2;/h7-9,12-13H,3-6,10H2,1-2H3;/q-1;. The van der Waals surface area contributed by atoms with Crippen LogP contribution in [0.2, 0.25) is 0 Å². The van der Waals surface area contributed by atoms with Gasteiger partial charge in [0, 0.05) is 19.5 Å². The van der Waals surface area contributed by atoms with Gasteiger partial charge in [0.25, 0.3) is 0 Å². The first kappa shape index (κ1) is 16.9. The summed E-state index contributed by atoms with van der Waals surface area (Å²) in [5.74, 6) is 0. The Bertz CT molecular complexity index is 115. The maximum Gasteiger partial charge on any atom is 0.0640 e. The summed E-state index contributed by atoms with van der Waals surface area (Å²) in [6.07, 6.45) is 0.659. The van der Waals surface area contributed by atoms with Gasteiger partial charge in [-0.15, -0.1) is 0 Å². The number of hydrogen-bond donors (Lipinski definition) is 3. The van der Waals surface area contributed by atoms with Gasteiger partial charge in [-0.1, -0.05) is 13.8 Å². The molecule has 0 heterocycles. The third-order valence-corrected chi connectivity index (χ3v) is 2.04. The third kappa shape index (κ3) is 7.83. The molecule has 0 aromatic rings. The summed E-state index contributed by atoms with van der Waals surface area (Å²) < 4.78 is 0. The van der Waals surface area contributed by atoms with Crippen LogP contribution in [0, 0.1) is 6.67 Å². The van der Waals surface area contributed by atoms with Crippen molar-refractivity contribution in [3.8, 4) is 0 Å². The van der Waals surface area contributed by atoms with Gasteiger partial charge in [-0.3, -0.25) is 0 Å². The molecule has 0 saturated heterocycles. The van der Waals surface area contributed by atoms with Crippen LogP contribution in [0.5, 0.6) is 0 Å². The van der Waals surface area contributed by atoms with Crippen molar-refractivity contribution in [2.45, 2.75) is 38.9 Å². The van der Waals surface area contributed by atoms with Crippen LogP contribution < -0.4 is 5.73 Å². The second-order valence-electron chi connectivity index (χ2n) is 3.23. The Morgan fingerprint density at radius 1 is 1.14 bits per heavy atom. The number of aliphatic hydroxyl groups is 2. The molecule has 2 unspecified atom stereocenters. The molecule has 0 bridgehead atoms. The van der Waals surface area contributed by atoms with Crippen LogP contribution in [0.3, 0.4) is 0 Å². The summed E-state index contributed by atoms with van der Waals surface area (Å²) in [5, 5.41) is 18.7. The molecule has 1 radical (unpaired) electrons. The van der Waals surface area contributed by atoms with Gasteiger partial charge in [-0.25, -0.2) is 6.67 Å². The maximum atomic E-state index is 9.35. The summed E-state index contributed by atoms with van der Waals surface area (Å²) in [6, 6.07) is 0. The van der Waals surface area contributed by atoms with E-state index < -0.39 is 0 Å². The van der Waals surface area contributed by atoms with Gasteiger partial charge in [0.15, 0.2) is 0 Å². The molecule has 14 heavy (non-hydrogen) atoms. The summed E-state index contributed by atoms with van der Waals surface area (Å²) >= 11 is 0. The molecule has 2 atom stereocenters. The Hall–Kier alpha value is 0.463. The van der Waals surface area contributed by atoms with E-state index in [1.165, 1.54) is 6.67 Å². The molecule has 5 heteroatoms. The first-order valence-corrected chi connectivity index (χ1v) is 4.79. The minimum atomic E-state index is -0.371. The van der Waals surface area contributed by atoms with Crippen molar-refractivity contribution in [3.05, 3.63) is 6.67 Å². The van der Waals surface area contributed by atoms with E-state index in [9.17, 15) is 10.2 Å². The zero-order valence-corrected chi connectivity index (χ0v) is 10.5. The van der Waals surface area contributed by atoms with Gasteiger partial charge in [-0.05, 0) is 25.9 Å². The van der Waals surface area contributed by atoms with Crippen molar-refractivity contribution in [1.82, 2.24) is 4.90 Å². The Kier molecular flexibility index (Phi) is 12.1. The fourth-order valence-corrected chi connectivity index (χ4v) is 0.996. The molecule has 0 fully saturated rings. The predicted octanol–water partition coefficient (Wildman–Crippen LogP) is -0.0943. The smallest absolute Gasteiger partial charge is 0.0640 e. The molecule has 0 aliphatic heterocycles. The quantitative estimate of drug-likeness (QED) is 0.453. The number of hydrogen-bond acceptors (Lipinski definition) is 4. The van der Waals surface area contributed by atoms with E-state index in [4.69, 9.17) is 5.73 Å². The molecule has 0 aliphatic rings. The average Bonchev–Trinajstić information content (AvgIpc) is 2.16. The zero-order chi connectivity index (χ0) is 10.3. The van der Waals surface area contributed by atoms with E-state index in [-0.39, 0.29) is 31.7 Å². The zero-order valence-electron chi connectivity index (χ0n) is 8.81. The molecule has 0 saturated carbocycles. The molecule has 0 aromatic heterocycles. The predicted molar refractivity (Wildman–Crippen MR) is 52.7 cm³/mol. The van der Waals surface area contributed by atoms with E-state index in [1.807, 2.05) is 13.8 Å². The number of nitrogens with two attached hydrogens (primary N) is 1. The van der Waals surface area contributed by atoms with Crippen molar-refractivity contribution in [2.75, 3.05) is 13.1 Å². The fourth-order valence-electron chi connectivity index (χ4n) is 0.996. The van der Waals surface area contributed by atoms with Crippen LogP contribution in [0.15, 0.2) is 0 Å². The van der Waals surface area contributed by atoms with Crippen molar-refractivity contribution < 1.29 is 29.7 Å². The Morgan fingerprint density at radius 2 is 1.50 bits per heavy atom. The maximum absolute atomic E-state index is 9.35. The molecular formula is C9H21N2O2Rh-. The average molecular weight is 292 g/mol. The molecule has 89 valence electrons. The van der Waals surface area contributed by atoms with Crippen molar-refractivity contribution in [1.29, 1.82) is 0 Å². The van der Waals surface area contributed by atoms with Gasteiger partial charge >= 0.3 is 0 Å². The molecule has 0 amide bonds. The largest absolute Gasteiger partial charge is 0.470 e. The minimum absolute atomic E-state index is 0. The van der Waals surface area contributed by atoms with Gasteiger partial charge in [-0.2, -0.15) is 0 Å². The number of nitrogens with zero attached hydrogens (tertiary/aromatic N) is 1. The molecule has 4 nitrogen and oxygen atoms in total. The van der Waals surface area contributed by atoms with Gasteiger partial charge in [0.1, 0.15) is 0 Å². The van der Waals surface area contributed by atoms with Gasteiger partial charge in [0.2, 0.25) is 0 Å². The Balaban J connectivity index is 0. The topological polar surface area (TPSA) is 69.7 Å². The van der Waals surface area contributed by atoms with Crippen molar-refractivity contribution in [2.24, 2.45) is 5.73 Å². The van der Waals surface area contributed by atoms with E-state index in [0.717, 1.165) is 0 Å². The van der Waals surface area contributed by atoms with Crippen LogP contribution in [0.1, 0.15) is 26.7 Å². The summed E-state index contributed by atoms with van der Waals surface area (Å²) in [7, 11) is 0. The summed E-state index contributed by atoms with van der Waals surface area (Å²) in [4.78, 5) is 1.74. The Morgan fingerprint density at radius 3 is 1.71 bits per heavy atom. The monoisotopic (exact) mass is 292 g/mol. The van der Waals surface area contributed by atoms with Crippen LogP contribution in [-0.2, 0) is 19.5 Å². The van der Waals surface area contributed by atoms with Crippen molar-refractivity contribution >= 4 is 0 Å². The first-order valence-electron chi connectivity index (χ1n) is 4.79. The van der Waals surface area contributed by atoms with E-state index >= 15 is 0 Å². The fraction of sp³-hybridized carbons (Fsp3) is 0.889. The summed E-state index contributed by atoms with van der Waals surface area (Å²) in [6.45, 7) is 6.22. The normalized spacial score (nSPS) is 15.0. The molecule has 0 spiro atoms. The first-order chi connectivity index (χ1) is 6.13. The van der Waals surface area contributed by atoms with Gasteiger partial charge in [0.05, 0.1) is 12.2 Å². The van der Waals surface area contributed by atoms with E-state index in [0.29, 0.717) is 25.9 Å². The van der Waals surface area contributed by atoms with Gasteiger partial charge < -0.3 is 20.8 Å². The van der Waals surface area contributed by atoms with E-state index in [1.54, 1.807) is 4.90 Å². The molecule has 0 rings (SSSR count).